The molecule has 0 bridgehead atoms. The zero-order chi connectivity index (χ0) is 13.7. The van der Waals surface area contributed by atoms with Gasteiger partial charge in [0.05, 0.1) is 0 Å². The molecule has 1 saturated carbocycles. The van der Waals surface area contributed by atoms with Gasteiger partial charge >= 0.3 is 0 Å². The molecule has 19 heavy (non-hydrogen) atoms. The zero-order valence-electron chi connectivity index (χ0n) is 13.1. The van der Waals surface area contributed by atoms with Crippen molar-refractivity contribution in [2.45, 2.75) is 71.3 Å². The predicted molar refractivity (Wildman–Crippen MR) is 83.2 cm³/mol. The van der Waals surface area contributed by atoms with Crippen molar-refractivity contribution >= 4 is 0 Å². The van der Waals surface area contributed by atoms with Crippen LogP contribution < -0.4 is 5.73 Å². The van der Waals surface area contributed by atoms with Crippen molar-refractivity contribution in [3.8, 4) is 0 Å². The van der Waals surface area contributed by atoms with Crippen molar-refractivity contribution in [2.75, 3.05) is 19.6 Å². The van der Waals surface area contributed by atoms with Gasteiger partial charge < -0.3 is 10.6 Å². The van der Waals surface area contributed by atoms with E-state index in [0.717, 1.165) is 30.3 Å². The smallest absolute Gasteiger partial charge is 0.0138 e. The van der Waals surface area contributed by atoms with Crippen LogP contribution in [-0.2, 0) is 0 Å². The third-order valence-electron chi connectivity index (χ3n) is 5.76. The maximum Gasteiger partial charge on any atom is 0.0138 e. The summed E-state index contributed by atoms with van der Waals surface area (Å²) in [5, 5.41) is 0. The summed E-state index contributed by atoms with van der Waals surface area (Å²) in [7, 11) is 0. The maximum atomic E-state index is 6.04. The lowest BCUT2D eigenvalue weighted by molar-refractivity contribution is 0.0505. The molecule has 1 saturated heterocycles. The van der Waals surface area contributed by atoms with E-state index in [9.17, 15) is 0 Å². The van der Waals surface area contributed by atoms with Crippen LogP contribution >= 0.6 is 0 Å². The summed E-state index contributed by atoms with van der Waals surface area (Å²) in [4.78, 5) is 2.80. The highest BCUT2D eigenvalue weighted by molar-refractivity contribution is 4.89. The van der Waals surface area contributed by atoms with Gasteiger partial charge in [0, 0.05) is 6.04 Å². The molecule has 0 aromatic carbocycles. The molecule has 0 aromatic heterocycles. The first kappa shape index (κ1) is 15.3. The molecule has 0 spiro atoms. The highest BCUT2D eigenvalue weighted by Crippen LogP contribution is 2.35. The fourth-order valence-corrected chi connectivity index (χ4v) is 4.37. The van der Waals surface area contributed by atoms with E-state index in [1.54, 1.807) is 0 Å². The van der Waals surface area contributed by atoms with E-state index in [4.69, 9.17) is 5.73 Å². The number of likely N-dealkylation sites (tertiary alicyclic amines) is 1. The predicted octanol–water partition coefficient (Wildman–Crippen LogP) is 3.65. The Morgan fingerprint density at radius 1 is 1.00 bits per heavy atom. The molecule has 0 aromatic rings. The fourth-order valence-electron chi connectivity index (χ4n) is 4.37. The summed E-state index contributed by atoms with van der Waals surface area (Å²) >= 11 is 0. The summed E-state index contributed by atoms with van der Waals surface area (Å²) in [5.74, 6) is 2.73. The Labute approximate surface area is 120 Å². The van der Waals surface area contributed by atoms with Crippen LogP contribution in [0.2, 0.25) is 0 Å². The largest absolute Gasteiger partial charge is 0.330 e. The fraction of sp³-hybridized carbons (Fsp3) is 1.00. The van der Waals surface area contributed by atoms with Crippen molar-refractivity contribution < 1.29 is 0 Å². The average Bonchev–Trinajstić information content (AvgIpc) is 2.47. The van der Waals surface area contributed by atoms with E-state index in [1.807, 2.05) is 0 Å². The molecule has 2 heteroatoms. The molecule has 0 radical (unpaired) electrons. The minimum atomic E-state index is 0.769. The Morgan fingerprint density at radius 2 is 1.74 bits per heavy atom. The summed E-state index contributed by atoms with van der Waals surface area (Å²) in [6.07, 6.45) is 11.2. The highest BCUT2D eigenvalue weighted by Gasteiger charge is 2.34. The molecule has 3 atom stereocenters. The third kappa shape index (κ3) is 3.95. The standard InChI is InChI=1S/C17H34N2/c1-3-5-15-8-10-19(11-9-15)17-12-14(4-2)6-7-16(17)13-18/h14-17H,3-13,18H2,1-2H3. The van der Waals surface area contributed by atoms with Gasteiger partial charge in [-0.25, -0.2) is 0 Å². The lowest BCUT2D eigenvalue weighted by Crippen LogP contribution is -2.49. The summed E-state index contributed by atoms with van der Waals surface area (Å²) < 4.78 is 0. The Balaban J connectivity index is 1.88. The molecule has 2 nitrogen and oxygen atoms in total. The lowest BCUT2D eigenvalue weighted by Gasteiger charge is -2.45. The molecule has 3 unspecified atom stereocenters. The minimum Gasteiger partial charge on any atom is -0.330 e. The molecule has 2 rings (SSSR count). The molecular formula is C17H34N2. The van der Waals surface area contributed by atoms with Crippen LogP contribution in [0.1, 0.15) is 65.2 Å². The molecular weight excluding hydrogens is 232 g/mol. The SMILES string of the molecule is CCCC1CCN(C2CC(CC)CCC2CN)CC1. The molecule has 1 aliphatic carbocycles. The Bertz CT molecular complexity index is 246. The van der Waals surface area contributed by atoms with Gasteiger partial charge in [0.25, 0.3) is 0 Å². The van der Waals surface area contributed by atoms with E-state index in [2.05, 4.69) is 18.7 Å². The van der Waals surface area contributed by atoms with Crippen molar-refractivity contribution in [1.82, 2.24) is 4.90 Å². The molecule has 112 valence electrons. The van der Waals surface area contributed by atoms with Crippen LogP contribution in [0.3, 0.4) is 0 Å². The second-order valence-electron chi connectivity index (χ2n) is 6.92. The van der Waals surface area contributed by atoms with Crippen LogP contribution in [-0.4, -0.2) is 30.6 Å². The summed E-state index contributed by atoms with van der Waals surface area (Å²) in [5.41, 5.74) is 6.04. The van der Waals surface area contributed by atoms with Gasteiger partial charge in [0.2, 0.25) is 0 Å². The average molecular weight is 266 g/mol. The van der Waals surface area contributed by atoms with Crippen LogP contribution in [0, 0.1) is 17.8 Å². The van der Waals surface area contributed by atoms with E-state index in [-0.39, 0.29) is 0 Å². The molecule has 1 heterocycles. The second kappa shape index (κ2) is 7.64. The summed E-state index contributed by atoms with van der Waals surface area (Å²) in [6, 6.07) is 0.797. The second-order valence-corrected chi connectivity index (χ2v) is 6.92. The van der Waals surface area contributed by atoms with Gasteiger partial charge in [0.15, 0.2) is 0 Å². The number of nitrogens with two attached hydrogens (primary N) is 1. The van der Waals surface area contributed by atoms with Crippen molar-refractivity contribution in [1.29, 1.82) is 0 Å². The van der Waals surface area contributed by atoms with Crippen LogP contribution in [0.4, 0.5) is 0 Å². The Hall–Kier alpha value is -0.0800. The Kier molecular flexibility index (Phi) is 6.15. The number of nitrogens with zero attached hydrogens (tertiary/aromatic N) is 1. The van der Waals surface area contributed by atoms with Crippen molar-refractivity contribution in [3.63, 3.8) is 0 Å². The van der Waals surface area contributed by atoms with Gasteiger partial charge in [-0.05, 0) is 63.1 Å². The van der Waals surface area contributed by atoms with Gasteiger partial charge in [-0.15, -0.1) is 0 Å². The van der Waals surface area contributed by atoms with Gasteiger partial charge in [-0.1, -0.05) is 39.5 Å². The zero-order valence-corrected chi connectivity index (χ0v) is 13.1. The monoisotopic (exact) mass is 266 g/mol. The van der Waals surface area contributed by atoms with E-state index in [1.165, 1.54) is 64.5 Å². The third-order valence-corrected chi connectivity index (χ3v) is 5.76. The van der Waals surface area contributed by atoms with E-state index in [0.29, 0.717) is 0 Å². The maximum absolute atomic E-state index is 6.04. The molecule has 2 fully saturated rings. The van der Waals surface area contributed by atoms with Crippen LogP contribution in [0.25, 0.3) is 0 Å². The van der Waals surface area contributed by atoms with Gasteiger partial charge in [-0.3, -0.25) is 0 Å². The van der Waals surface area contributed by atoms with Crippen molar-refractivity contribution in [3.05, 3.63) is 0 Å². The molecule has 2 N–H and O–H groups in total. The number of piperidine rings is 1. The topological polar surface area (TPSA) is 29.3 Å². The first-order valence-electron chi connectivity index (χ1n) is 8.72. The molecule has 1 aliphatic heterocycles. The quantitative estimate of drug-likeness (QED) is 0.823. The Morgan fingerprint density at radius 3 is 2.32 bits per heavy atom. The van der Waals surface area contributed by atoms with Crippen LogP contribution in [0.5, 0.6) is 0 Å². The van der Waals surface area contributed by atoms with Gasteiger partial charge in [-0.2, -0.15) is 0 Å². The number of hydrogen-bond acceptors (Lipinski definition) is 2. The number of rotatable bonds is 5. The summed E-state index contributed by atoms with van der Waals surface area (Å²) in [6.45, 7) is 8.25. The molecule has 0 amide bonds. The van der Waals surface area contributed by atoms with E-state index >= 15 is 0 Å². The first-order valence-corrected chi connectivity index (χ1v) is 8.72. The number of hydrogen-bond donors (Lipinski definition) is 1. The van der Waals surface area contributed by atoms with Crippen molar-refractivity contribution in [2.24, 2.45) is 23.5 Å². The lowest BCUT2D eigenvalue weighted by atomic mass is 9.75. The first-order chi connectivity index (χ1) is 9.28. The minimum absolute atomic E-state index is 0.769. The molecule has 2 aliphatic rings. The normalized spacial score (nSPS) is 34.6. The highest BCUT2D eigenvalue weighted by atomic mass is 15.2. The van der Waals surface area contributed by atoms with E-state index < -0.39 is 0 Å². The van der Waals surface area contributed by atoms with Crippen LogP contribution in [0.15, 0.2) is 0 Å². The van der Waals surface area contributed by atoms with Gasteiger partial charge in [0.1, 0.15) is 0 Å².